The monoisotopic (exact) mass is 204 g/mol. The Hall–Kier alpha value is -0.120. The predicted molar refractivity (Wildman–Crippen MR) is 57.2 cm³/mol. The molecule has 0 radical (unpaired) electrons. The van der Waals surface area contributed by atoms with Crippen molar-refractivity contribution < 1.29 is 14.6 Å². The lowest BCUT2D eigenvalue weighted by atomic mass is 10.1. The molecule has 1 N–H and O–H groups in total. The van der Waals surface area contributed by atoms with Crippen LogP contribution in [0.25, 0.3) is 0 Å². The van der Waals surface area contributed by atoms with E-state index in [4.69, 9.17) is 9.47 Å². The number of hydrogen-bond acceptors (Lipinski definition) is 3. The molecule has 0 aliphatic heterocycles. The number of aliphatic hydroxyl groups is 1. The van der Waals surface area contributed by atoms with Crippen molar-refractivity contribution in [1.82, 2.24) is 0 Å². The second kappa shape index (κ2) is 4.17. The van der Waals surface area contributed by atoms with Gasteiger partial charge in [-0.05, 0) is 48.5 Å². The number of ether oxygens (including phenoxy) is 2. The van der Waals surface area contributed by atoms with Gasteiger partial charge in [-0.25, -0.2) is 0 Å². The Kier molecular flexibility index (Phi) is 4.13. The summed E-state index contributed by atoms with van der Waals surface area (Å²) in [6, 6.07) is 0. The molecule has 0 amide bonds. The van der Waals surface area contributed by atoms with E-state index in [0.717, 1.165) is 0 Å². The maximum Gasteiger partial charge on any atom is 0.189 e. The quantitative estimate of drug-likeness (QED) is 0.717. The maximum absolute atomic E-state index is 9.26. The summed E-state index contributed by atoms with van der Waals surface area (Å²) in [5.74, 6) is -0.934. The zero-order chi connectivity index (χ0) is 11.6. The van der Waals surface area contributed by atoms with Crippen molar-refractivity contribution in [2.45, 2.75) is 65.5 Å². The summed E-state index contributed by atoms with van der Waals surface area (Å²) in [7, 11) is 0. The summed E-state index contributed by atoms with van der Waals surface area (Å²) in [4.78, 5) is 0. The Labute approximate surface area is 87.4 Å². The topological polar surface area (TPSA) is 38.7 Å². The summed E-state index contributed by atoms with van der Waals surface area (Å²) in [6.45, 7) is 13.2. The third-order valence-corrected chi connectivity index (χ3v) is 1.33. The molecule has 3 heteroatoms. The van der Waals surface area contributed by atoms with Crippen LogP contribution in [-0.4, -0.2) is 28.7 Å². The van der Waals surface area contributed by atoms with E-state index in [1.54, 1.807) is 6.92 Å². The molecule has 0 unspecified atom stereocenters. The van der Waals surface area contributed by atoms with Gasteiger partial charge < -0.3 is 14.6 Å². The van der Waals surface area contributed by atoms with Gasteiger partial charge in [-0.3, -0.25) is 0 Å². The minimum Gasteiger partial charge on any atom is -0.391 e. The fourth-order valence-corrected chi connectivity index (χ4v) is 1.38. The fourth-order valence-electron chi connectivity index (χ4n) is 1.38. The highest BCUT2D eigenvalue weighted by molar-refractivity contribution is 4.73. The van der Waals surface area contributed by atoms with Gasteiger partial charge in [-0.15, -0.1) is 0 Å². The van der Waals surface area contributed by atoms with Crippen molar-refractivity contribution in [1.29, 1.82) is 0 Å². The fraction of sp³-hybridized carbons (Fsp3) is 1.00. The molecule has 0 aromatic heterocycles. The van der Waals surface area contributed by atoms with Gasteiger partial charge in [0.2, 0.25) is 0 Å². The predicted octanol–water partition coefficient (Wildman–Crippen LogP) is 2.33. The Bertz CT molecular complexity index is 158. The molecule has 0 aromatic carbocycles. The lowest BCUT2D eigenvalue weighted by Crippen LogP contribution is -2.47. The largest absolute Gasteiger partial charge is 0.391 e. The minimum absolute atomic E-state index is 0.151. The summed E-state index contributed by atoms with van der Waals surface area (Å²) < 4.78 is 11.4. The molecular formula is C11H24O3. The van der Waals surface area contributed by atoms with Gasteiger partial charge in [0.15, 0.2) is 5.79 Å². The summed E-state index contributed by atoms with van der Waals surface area (Å²) in [6.07, 6.45) is 0. The first-order valence-corrected chi connectivity index (χ1v) is 4.99. The second-order valence-corrected chi connectivity index (χ2v) is 5.72. The van der Waals surface area contributed by atoms with Crippen LogP contribution in [0.4, 0.5) is 0 Å². The van der Waals surface area contributed by atoms with Crippen LogP contribution < -0.4 is 0 Å². The zero-order valence-corrected chi connectivity index (χ0v) is 10.5. The van der Waals surface area contributed by atoms with Crippen LogP contribution in [0.3, 0.4) is 0 Å². The molecule has 0 aromatic rings. The van der Waals surface area contributed by atoms with E-state index < -0.39 is 5.79 Å². The van der Waals surface area contributed by atoms with E-state index in [9.17, 15) is 5.11 Å². The molecule has 0 spiro atoms. The summed E-state index contributed by atoms with van der Waals surface area (Å²) in [5.41, 5.74) is -0.661. The molecule has 0 heterocycles. The van der Waals surface area contributed by atoms with Gasteiger partial charge in [0.05, 0.1) is 17.8 Å². The van der Waals surface area contributed by atoms with Crippen molar-refractivity contribution in [2.75, 3.05) is 6.61 Å². The smallest absolute Gasteiger partial charge is 0.189 e. The van der Waals surface area contributed by atoms with Gasteiger partial charge in [-0.2, -0.15) is 0 Å². The first kappa shape index (κ1) is 13.9. The molecule has 0 atom stereocenters. The van der Waals surface area contributed by atoms with E-state index in [1.165, 1.54) is 0 Å². The molecule has 0 aliphatic rings. The van der Waals surface area contributed by atoms with Crippen molar-refractivity contribution >= 4 is 0 Å². The van der Waals surface area contributed by atoms with Crippen LogP contribution in [0.2, 0.25) is 0 Å². The molecule has 0 rings (SSSR count). The summed E-state index contributed by atoms with van der Waals surface area (Å²) in [5, 5.41) is 9.26. The van der Waals surface area contributed by atoms with Gasteiger partial charge in [0.25, 0.3) is 0 Å². The SMILES string of the molecule is CC(C)(C)OC(C)(CO)OC(C)(C)C. The Morgan fingerprint density at radius 3 is 1.21 bits per heavy atom. The highest BCUT2D eigenvalue weighted by Gasteiger charge is 2.34. The van der Waals surface area contributed by atoms with Crippen molar-refractivity contribution in [3.63, 3.8) is 0 Å². The minimum atomic E-state index is -0.934. The molecule has 14 heavy (non-hydrogen) atoms. The Morgan fingerprint density at radius 1 is 0.786 bits per heavy atom. The number of aliphatic hydroxyl groups excluding tert-OH is 1. The van der Waals surface area contributed by atoms with Crippen LogP contribution in [-0.2, 0) is 9.47 Å². The normalized spacial score (nSPS) is 14.6. The van der Waals surface area contributed by atoms with E-state index in [1.807, 2.05) is 41.5 Å². The lowest BCUT2D eigenvalue weighted by molar-refractivity contribution is -0.313. The standard InChI is InChI=1S/C11H24O3/c1-9(2,3)13-11(7,8-12)14-10(4,5)6/h12H,8H2,1-7H3. The first-order valence-electron chi connectivity index (χ1n) is 4.99. The number of rotatable bonds is 3. The molecule has 0 bridgehead atoms. The Morgan fingerprint density at radius 2 is 1.07 bits per heavy atom. The van der Waals surface area contributed by atoms with E-state index in [0.29, 0.717) is 0 Å². The average Bonchev–Trinajstić information content (AvgIpc) is 1.78. The Balaban J connectivity index is 4.49. The highest BCUT2D eigenvalue weighted by atomic mass is 16.7. The maximum atomic E-state index is 9.26. The molecule has 0 saturated heterocycles. The lowest BCUT2D eigenvalue weighted by Gasteiger charge is -2.39. The molecule has 3 nitrogen and oxygen atoms in total. The zero-order valence-electron chi connectivity index (χ0n) is 10.5. The molecule has 0 fully saturated rings. The molecule has 0 saturated carbocycles. The van der Waals surface area contributed by atoms with E-state index >= 15 is 0 Å². The van der Waals surface area contributed by atoms with Crippen molar-refractivity contribution in [3.8, 4) is 0 Å². The third-order valence-electron chi connectivity index (χ3n) is 1.33. The van der Waals surface area contributed by atoms with Crippen molar-refractivity contribution in [2.24, 2.45) is 0 Å². The summed E-state index contributed by atoms with van der Waals surface area (Å²) >= 11 is 0. The van der Waals surface area contributed by atoms with Crippen LogP contribution in [0.1, 0.15) is 48.5 Å². The van der Waals surface area contributed by atoms with Crippen LogP contribution in [0, 0.1) is 0 Å². The van der Waals surface area contributed by atoms with E-state index in [-0.39, 0.29) is 17.8 Å². The molecule has 86 valence electrons. The third kappa shape index (κ3) is 6.35. The van der Waals surface area contributed by atoms with Crippen LogP contribution in [0.15, 0.2) is 0 Å². The second-order valence-electron chi connectivity index (χ2n) is 5.72. The molecular weight excluding hydrogens is 180 g/mol. The first-order chi connectivity index (χ1) is 5.97. The number of hydrogen-bond donors (Lipinski definition) is 1. The van der Waals surface area contributed by atoms with Crippen molar-refractivity contribution in [3.05, 3.63) is 0 Å². The highest BCUT2D eigenvalue weighted by Crippen LogP contribution is 2.26. The average molecular weight is 204 g/mol. The van der Waals surface area contributed by atoms with Gasteiger partial charge in [0, 0.05) is 0 Å². The van der Waals surface area contributed by atoms with E-state index in [2.05, 4.69) is 0 Å². The van der Waals surface area contributed by atoms with Gasteiger partial charge in [0.1, 0.15) is 0 Å². The van der Waals surface area contributed by atoms with Gasteiger partial charge in [-0.1, -0.05) is 0 Å². The van der Waals surface area contributed by atoms with Gasteiger partial charge >= 0.3 is 0 Å². The van der Waals surface area contributed by atoms with Crippen LogP contribution >= 0.6 is 0 Å². The molecule has 0 aliphatic carbocycles. The van der Waals surface area contributed by atoms with Crippen LogP contribution in [0.5, 0.6) is 0 Å².